The number of benzene rings is 2. The van der Waals surface area contributed by atoms with E-state index in [0.717, 1.165) is 10.6 Å². The van der Waals surface area contributed by atoms with Crippen LogP contribution < -0.4 is 5.56 Å². The molecule has 7 heteroatoms. The average Bonchev–Trinajstić information content (AvgIpc) is 2.48. The molecule has 0 aliphatic rings. The Morgan fingerprint density at radius 3 is 2.73 bits per heavy atom. The van der Waals surface area contributed by atoms with Gasteiger partial charge in [0, 0.05) is 10.0 Å². The molecule has 1 heterocycles. The topological polar surface area (TPSA) is 54.9 Å². The lowest BCUT2D eigenvalue weighted by molar-refractivity contribution is 0.0953. The fraction of sp³-hybridized carbons (Fsp3) is 0. The molecule has 1 aromatic heterocycles. The minimum Gasteiger partial charge on any atom is -0.331 e. The third kappa shape index (κ3) is 2.53. The maximum atomic E-state index is 13.3. The lowest BCUT2D eigenvalue weighted by atomic mass is 10.2. The van der Waals surface area contributed by atoms with Gasteiger partial charge in [0.05, 0.1) is 10.9 Å². The van der Waals surface area contributed by atoms with Crippen molar-refractivity contribution in [1.29, 1.82) is 0 Å². The molecule has 0 fully saturated rings. The summed E-state index contributed by atoms with van der Waals surface area (Å²) in [5, 5.41) is 0.313. The van der Waals surface area contributed by atoms with Gasteiger partial charge in [-0.15, -0.1) is 0 Å². The highest BCUT2D eigenvalue weighted by atomic mass is 79.9. The van der Waals surface area contributed by atoms with Gasteiger partial charge >= 0.3 is 0 Å². The molecule has 0 unspecified atom stereocenters. The number of rotatable bonds is 1. The molecule has 0 aliphatic heterocycles. The van der Waals surface area contributed by atoms with Crippen LogP contribution in [0.1, 0.15) is 10.4 Å². The summed E-state index contributed by atoms with van der Waals surface area (Å²) in [4.78, 5) is 27.8. The fourth-order valence-electron chi connectivity index (χ4n) is 2.12. The summed E-state index contributed by atoms with van der Waals surface area (Å²) in [7, 11) is 0. The fourth-order valence-corrected chi connectivity index (χ4v) is 2.76. The highest BCUT2D eigenvalue weighted by molar-refractivity contribution is 9.10. The first-order valence-electron chi connectivity index (χ1n) is 6.22. The smallest absolute Gasteiger partial charge is 0.269 e. The SMILES string of the molecule is O=C(c1cccc(F)c1)n1c(=S)[nH]c2ccc(Br)cc2c1=O. The Kier molecular flexibility index (Phi) is 3.76. The molecule has 0 spiro atoms. The van der Waals surface area contributed by atoms with Crippen LogP contribution in [-0.2, 0) is 0 Å². The van der Waals surface area contributed by atoms with Crippen LogP contribution in [0, 0.1) is 10.6 Å². The van der Waals surface area contributed by atoms with E-state index < -0.39 is 17.3 Å². The second-order valence-corrected chi connectivity index (χ2v) is 5.88. The van der Waals surface area contributed by atoms with Gasteiger partial charge in [-0.25, -0.2) is 8.96 Å². The third-order valence-electron chi connectivity index (χ3n) is 3.13. The Morgan fingerprint density at radius 1 is 1.23 bits per heavy atom. The van der Waals surface area contributed by atoms with Crippen LogP contribution >= 0.6 is 28.1 Å². The summed E-state index contributed by atoms with van der Waals surface area (Å²) in [6.07, 6.45) is 0. The van der Waals surface area contributed by atoms with Crippen LogP contribution in [0.3, 0.4) is 0 Å². The number of carbonyl (C=O) groups is 1. The quantitative estimate of drug-likeness (QED) is 0.657. The van der Waals surface area contributed by atoms with E-state index in [4.69, 9.17) is 12.2 Å². The van der Waals surface area contributed by atoms with Gasteiger partial charge in [0.15, 0.2) is 4.77 Å². The summed E-state index contributed by atoms with van der Waals surface area (Å²) in [6, 6.07) is 10.2. The van der Waals surface area contributed by atoms with Crippen LogP contribution in [0.2, 0.25) is 0 Å². The number of nitrogens with zero attached hydrogens (tertiary/aromatic N) is 1. The molecule has 0 bridgehead atoms. The van der Waals surface area contributed by atoms with Crippen LogP contribution in [0.15, 0.2) is 51.7 Å². The van der Waals surface area contributed by atoms with Crippen molar-refractivity contribution in [3.63, 3.8) is 0 Å². The molecule has 1 N–H and O–H groups in total. The lowest BCUT2D eigenvalue weighted by Crippen LogP contribution is -2.29. The van der Waals surface area contributed by atoms with Gasteiger partial charge in [0.25, 0.3) is 11.5 Å². The molecular weight excluding hydrogens is 371 g/mol. The van der Waals surface area contributed by atoms with E-state index in [-0.39, 0.29) is 10.3 Å². The first-order valence-corrected chi connectivity index (χ1v) is 7.42. The predicted molar refractivity (Wildman–Crippen MR) is 87.2 cm³/mol. The van der Waals surface area contributed by atoms with E-state index in [1.54, 1.807) is 18.2 Å². The van der Waals surface area contributed by atoms with Gasteiger partial charge in [0.2, 0.25) is 0 Å². The zero-order chi connectivity index (χ0) is 15.9. The van der Waals surface area contributed by atoms with Crippen molar-refractivity contribution in [2.45, 2.75) is 0 Å². The zero-order valence-electron chi connectivity index (χ0n) is 11.0. The van der Waals surface area contributed by atoms with Gasteiger partial charge in [-0.2, -0.15) is 0 Å². The molecule has 0 saturated heterocycles. The van der Waals surface area contributed by atoms with Crippen LogP contribution in [0.5, 0.6) is 0 Å². The van der Waals surface area contributed by atoms with E-state index in [2.05, 4.69) is 20.9 Å². The van der Waals surface area contributed by atoms with E-state index in [0.29, 0.717) is 15.4 Å². The average molecular weight is 379 g/mol. The molecule has 0 radical (unpaired) electrons. The molecular formula is C15H8BrFN2O2S. The van der Waals surface area contributed by atoms with Crippen LogP contribution in [0.25, 0.3) is 10.9 Å². The number of hydrogen-bond donors (Lipinski definition) is 1. The molecule has 110 valence electrons. The van der Waals surface area contributed by atoms with Gasteiger partial charge in [-0.3, -0.25) is 9.59 Å². The number of carbonyl (C=O) groups excluding carboxylic acids is 1. The number of halogens is 2. The van der Waals surface area contributed by atoms with Gasteiger partial charge in [-0.1, -0.05) is 22.0 Å². The van der Waals surface area contributed by atoms with Crippen molar-refractivity contribution < 1.29 is 9.18 Å². The van der Waals surface area contributed by atoms with Gasteiger partial charge < -0.3 is 4.98 Å². The number of fused-ring (bicyclic) bond motifs is 1. The van der Waals surface area contributed by atoms with Crippen LogP contribution in [-0.4, -0.2) is 15.5 Å². The van der Waals surface area contributed by atoms with E-state index in [1.807, 2.05) is 0 Å². The minimum atomic E-state index is -0.673. The standard InChI is InChI=1S/C15H8BrFN2O2S/c16-9-4-5-12-11(7-9)14(21)19(15(22)18-12)13(20)8-2-1-3-10(17)6-8/h1-7H,(H,18,22). The zero-order valence-corrected chi connectivity index (χ0v) is 13.4. The van der Waals surface area contributed by atoms with E-state index in [1.165, 1.54) is 18.2 Å². The number of aromatic nitrogens is 2. The van der Waals surface area contributed by atoms with Crippen molar-refractivity contribution >= 4 is 45.0 Å². The molecule has 0 atom stereocenters. The summed E-state index contributed by atoms with van der Waals surface area (Å²) in [5.41, 5.74) is 0.0340. The summed E-state index contributed by atoms with van der Waals surface area (Å²) < 4.78 is 14.8. The molecule has 22 heavy (non-hydrogen) atoms. The molecule has 3 aromatic rings. The second-order valence-electron chi connectivity index (χ2n) is 4.58. The third-order valence-corrected chi connectivity index (χ3v) is 3.91. The van der Waals surface area contributed by atoms with Gasteiger partial charge in [0.1, 0.15) is 5.82 Å². The first kappa shape index (κ1) is 14.8. The Morgan fingerprint density at radius 2 is 2.00 bits per heavy atom. The molecule has 0 saturated carbocycles. The Labute approximate surface area is 137 Å². The number of H-pyrrole nitrogens is 1. The Balaban J connectivity index is 2.29. The first-order chi connectivity index (χ1) is 10.5. The monoisotopic (exact) mass is 378 g/mol. The molecule has 0 aliphatic carbocycles. The molecule has 2 aromatic carbocycles. The molecule has 4 nitrogen and oxygen atoms in total. The van der Waals surface area contributed by atoms with E-state index >= 15 is 0 Å². The summed E-state index contributed by atoms with van der Waals surface area (Å²) in [5.74, 6) is -1.23. The van der Waals surface area contributed by atoms with Gasteiger partial charge in [-0.05, 0) is 48.6 Å². The normalized spacial score (nSPS) is 10.8. The number of hydrogen-bond acceptors (Lipinski definition) is 3. The van der Waals surface area contributed by atoms with Crippen molar-refractivity contribution in [3.05, 3.63) is 73.4 Å². The van der Waals surface area contributed by atoms with E-state index in [9.17, 15) is 14.0 Å². The minimum absolute atomic E-state index is 0.0333. The molecule has 0 amide bonds. The van der Waals surface area contributed by atoms with Crippen molar-refractivity contribution in [2.75, 3.05) is 0 Å². The van der Waals surface area contributed by atoms with Crippen LogP contribution in [0.4, 0.5) is 4.39 Å². The van der Waals surface area contributed by atoms with Crippen molar-refractivity contribution in [2.24, 2.45) is 0 Å². The Hall–Kier alpha value is -2.12. The lowest BCUT2D eigenvalue weighted by Gasteiger charge is -2.07. The molecule has 3 rings (SSSR count). The second kappa shape index (κ2) is 5.58. The van der Waals surface area contributed by atoms with Crippen molar-refractivity contribution in [1.82, 2.24) is 9.55 Å². The maximum absolute atomic E-state index is 13.3. The highest BCUT2D eigenvalue weighted by Crippen LogP contribution is 2.15. The number of aromatic amines is 1. The highest BCUT2D eigenvalue weighted by Gasteiger charge is 2.15. The summed E-state index contributed by atoms with van der Waals surface area (Å²) >= 11 is 8.37. The van der Waals surface area contributed by atoms with Crippen molar-refractivity contribution in [3.8, 4) is 0 Å². The summed E-state index contributed by atoms with van der Waals surface area (Å²) in [6.45, 7) is 0. The number of nitrogens with one attached hydrogen (secondary N) is 1. The predicted octanol–water partition coefficient (Wildman–Crippen LogP) is 3.65. The Bertz CT molecular complexity index is 1030. The maximum Gasteiger partial charge on any atom is 0.269 e. The largest absolute Gasteiger partial charge is 0.331 e.